The molecule has 0 bridgehead atoms. The van der Waals surface area contributed by atoms with E-state index >= 15 is 0 Å². The largest absolute Gasteiger partial charge is 0.493 e. The molecule has 0 aromatic heterocycles. The van der Waals surface area contributed by atoms with Gasteiger partial charge >= 0.3 is 0 Å². The number of benzene rings is 2. The quantitative estimate of drug-likeness (QED) is 0.694. The molecular weight excluding hydrogens is 420 g/mol. The summed E-state index contributed by atoms with van der Waals surface area (Å²) >= 11 is 0. The first-order valence-corrected chi connectivity index (χ1v) is 11.5. The van der Waals surface area contributed by atoms with Crippen molar-refractivity contribution >= 4 is 15.9 Å². The summed E-state index contributed by atoms with van der Waals surface area (Å²) < 4.78 is 38.1. The highest BCUT2D eigenvalue weighted by Crippen LogP contribution is 2.29. The lowest BCUT2D eigenvalue weighted by molar-refractivity contribution is 0.0697. The summed E-state index contributed by atoms with van der Waals surface area (Å²) in [5, 5.41) is 8.98. The minimum atomic E-state index is -3.61. The van der Waals surface area contributed by atoms with Crippen molar-refractivity contribution in [3.05, 3.63) is 53.1 Å². The number of aliphatic hydroxyl groups excluding tert-OH is 1. The fourth-order valence-corrected chi connectivity index (χ4v) is 4.92. The lowest BCUT2D eigenvalue weighted by Crippen LogP contribution is -2.50. The Bertz CT molecular complexity index is 1050. The zero-order chi connectivity index (χ0) is 22.6. The van der Waals surface area contributed by atoms with Gasteiger partial charge < -0.3 is 19.5 Å². The number of nitrogens with zero attached hydrogens (tertiary/aromatic N) is 2. The molecule has 1 fully saturated rings. The van der Waals surface area contributed by atoms with Crippen LogP contribution in [0, 0.1) is 13.8 Å². The molecule has 2 aromatic carbocycles. The lowest BCUT2D eigenvalue weighted by Gasteiger charge is -2.34. The summed E-state index contributed by atoms with van der Waals surface area (Å²) in [6.45, 7) is 4.80. The van der Waals surface area contributed by atoms with E-state index < -0.39 is 10.0 Å². The average molecular weight is 449 g/mol. The van der Waals surface area contributed by atoms with E-state index in [1.54, 1.807) is 35.2 Å². The number of sulfonamides is 1. The van der Waals surface area contributed by atoms with E-state index in [9.17, 15) is 13.2 Å². The first-order valence-electron chi connectivity index (χ1n) is 10.1. The number of ether oxygens (including phenoxy) is 2. The number of aliphatic hydroxyl groups is 1. The maximum absolute atomic E-state index is 13.0. The Morgan fingerprint density at radius 2 is 1.71 bits per heavy atom. The molecule has 0 saturated carbocycles. The lowest BCUT2D eigenvalue weighted by atomic mass is 10.1. The van der Waals surface area contributed by atoms with Crippen molar-refractivity contribution in [1.29, 1.82) is 0 Å². The van der Waals surface area contributed by atoms with Crippen LogP contribution in [-0.4, -0.2) is 75.1 Å². The summed E-state index contributed by atoms with van der Waals surface area (Å²) in [6, 6.07) is 9.98. The molecule has 168 valence electrons. The third-order valence-electron chi connectivity index (χ3n) is 5.40. The highest BCUT2D eigenvalue weighted by Gasteiger charge is 2.31. The molecule has 0 unspecified atom stereocenters. The number of carbonyl (C=O) groups is 1. The standard InChI is InChI=1S/C22H28N2O6S/c1-16-4-6-19(14-17(16)2)31(27,28)24-10-8-23(9-11-24)22(26)18-5-7-20(29-3)21(15-18)30-13-12-25/h4-7,14-15,25H,8-13H2,1-3H3. The number of carbonyl (C=O) groups excluding carboxylic acids is 1. The van der Waals surface area contributed by atoms with Crippen LogP contribution in [0.5, 0.6) is 11.5 Å². The van der Waals surface area contributed by atoms with Crippen LogP contribution in [0.1, 0.15) is 21.5 Å². The zero-order valence-electron chi connectivity index (χ0n) is 18.0. The Labute approximate surface area is 183 Å². The number of hydrogen-bond donors (Lipinski definition) is 1. The summed E-state index contributed by atoms with van der Waals surface area (Å²) in [5.41, 5.74) is 2.38. The van der Waals surface area contributed by atoms with Gasteiger partial charge in [-0.15, -0.1) is 0 Å². The van der Waals surface area contributed by atoms with Crippen LogP contribution in [0.2, 0.25) is 0 Å². The number of aryl methyl sites for hydroxylation is 2. The molecule has 9 heteroatoms. The van der Waals surface area contributed by atoms with Gasteiger partial charge in [-0.25, -0.2) is 8.42 Å². The normalized spacial score (nSPS) is 15.0. The number of amides is 1. The molecule has 1 heterocycles. The molecule has 1 amide bonds. The predicted octanol–water partition coefficient (Wildman–Crippen LogP) is 1.83. The first kappa shape index (κ1) is 23.1. The van der Waals surface area contributed by atoms with Gasteiger partial charge in [-0.1, -0.05) is 6.07 Å². The highest BCUT2D eigenvalue weighted by molar-refractivity contribution is 7.89. The minimum absolute atomic E-state index is 0.0863. The second-order valence-electron chi connectivity index (χ2n) is 7.38. The van der Waals surface area contributed by atoms with Gasteiger partial charge in [0.1, 0.15) is 6.61 Å². The van der Waals surface area contributed by atoms with E-state index in [4.69, 9.17) is 14.6 Å². The van der Waals surface area contributed by atoms with E-state index in [2.05, 4.69) is 0 Å². The van der Waals surface area contributed by atoms with Crippen LogP contribution >= 0.6 is 0 Å². The molecule has 1 aliphatic rings. The third-order valence-corrected chi connectivity index (χ3v) is 7.30. The van der Waals surface area contributed by atoms with Gasteiger partial charge in [-0.05, 0) is 55.3 Å². The van der Waals surface area contributed by atoms with Crippen LogP contribution in [0.3, 0.4) is 0 Å². The van der Waals surface area contributed by atoms with Gasteiger partial charge in [0, 0.05) is 31.7 Å². The van der Waals surface area contributed by atoms with Crippen LogP contribution in [0.15, 0.2) is 41.3 Å². The van der Waals surface area contributed by atoms with Crippen LogP contribution < -0.4 is 9.47 Å². The topological polar surface area (TPSA) is 96.4 Å². The molecule has 3 rings (SSSR count). The molecule has 0 aliphatic carbocycles. The molecule has 0 atom stereocenters. The van der Waals surface area contributed by atoms with Gasteiger partial charge in [0.15, 0.2) is 11.5 Å². The van der Waals surface area contributed by atoms with Crippen molar-refractivity contribution in [2.75, 3.05) is 46.5 Å². The molecule has 1 N–H and O–H groups in total. The molecule has 2 aromatic rings. The van der Waals surface area contributed by atoms with Crippen LogP contribution in [-0.2, 0) is 10.0 Å². The molecule has 0 radical (unpaired) electrons. The fourth-order valence-electron chi connectivity index (χ4n) is 3.42. The monoisotopic (exact) mass is 448 g/mol. The summed E-state index contributed by atoms with van der Waals surface area (Å²) in [6.07, 6.45) is 0. The van der Waals surface area contributed by atoms with E-state index in [0.29, 0.717) is 30.2 Å². The van der Waals surface area contributed by atoms with Crippen molar-refractivity contribution in [3.8, 4) is 11.5 Å². The van der Waals surface area contributed by atoms with E-state index in [1.807, 2.05) is 19.9 Å². The third kappa shape index (κ3) is 5.00. The van der Waals surface area contributed by atoms with Gasteiger partial charge in [-0.2, -0.15) is 4.31 Å². The van der Waals surface area contributed by atoms with Crippen molar-refractivity contribution in [1.82, 2.24) is 9.21 Å². The zero-order valence-corrected chi connectivity index (χ0v) is 18.8. The number of hydrogen-bond acceptors (Lipinski definition) is 6. The Morgan fingerprint density at radius 3 is 2.32 bits per heavy atom. The second kappa shape index (κ2) is 9.67. The molecule has 1 aliphatic heterocycles. The van der Waals surface area contributed by atoms with Crippen molar-refractivity contribution in [2.45, 2.75) is 18.7 Å². The molecule has 31 heavy (non-hydrogen) atoms. The number of piperazine rings is 1. The Balaban J connectivity index is 1.70. The van der Waals surface area contributed by atoms with Crippen LogP contribution in [0.4, 0.5) is 0 Å². The van der Waals surface area contributed by atoms with Crippen molar-refractivity contribution in [3.63, 3.8) is 0 Å². The number of rotatable bonds is 7. The predicted molar refractivity (Wildman–Crippen MR) is 116 cm³/mol. The Hall–Kier alpha value is -2.62. The van der Waals surface area contributed by atoms with Crippen molar-refractivity contribution < 1.29 is 27.8 Å². The van der Waals surface area contributed by atoms with Gasteiger partial charge in [0.25, 0.3) is 5.91 Å². The van der Waals surface area contributed by atoms with E-state index in [-0.39, 0.29) is 37.1 Å². The SMILES string of the molecule is COc1ccc(C(=O)N2CCN(S(=O)(=O)c3ccc(C)c(C)c3)CC2)cc1OCCO. The smallest absolute Gasteiger partial charge is 0.254 e. The summed E-state index contributed by atoms with van der Waals surface area (Å²) in [5.74, 6) is 0.632. The summed E-state index contributed by atoms with van der Waals surface area (Å²) in [4.78, 5) is 14.8. The second-order valence-corrected chi connectivity index (χ2v) is 9.32. The molecule has 0 spiro atoms. The number of methoxy groups -OCH3 is 1. The molecule has 8 nitrogen and oxygen atoms in total. The maximum atomic E-state index is 13.0. The Morgan fingerprint density at radius 1 is 1.00 bits per heavy atom. The van der Waals surface area contributed by atoms with Gasteiger partial charge in [-0.3, -0.25) is 4.79 Å². The fraction of sp³-hybridized carbons (Fsp3) is 0.409. The molecule has 1 saturated heterocycles. The van der Waals surface area contributed by atoms with E-state index in [0.717, 1.165) is 11.1 Å². The average Bonchev–Trinajstić information content (AvgIpc) is 2.78. The van der Waals surface area contributed by atoms with Crippen LogP contribution in [0.25, 0.3) is 0 Å². The highest BCUT2D eigenvalue weighted by atomic mass is 32.2. The minimum Gasteiger partial charge on any atom is -0.493 e. The van der Waals surface area contributed by atoms with E-state index in [1.165, 1.54) is 11.4 Å². The van der Waals surface area contributed by atoms with Crippen molar-refractivity contribution in [2.24, 2.45) is 0 Å². The summed E-state index contributed by atoms with van der Waals surface area (Å²) in [7, 11) is -2.11. The Kier molecular flexibility index (Phi) is 7.19. The van der Waals surface area contributed by atoms with Gasteiger partial charge in [0.2, 0.25) is 10.0 Å². The molecular formula is C22H28N2O6S. The first-order chi connectivity index (χ1) is 14.8. The maximum Gasteiger partial charge on any atom is 0.254 e. The van der Waals surface area contributed by atoms with Gasteiger partial charge in [0.05, 0.1) is 18.6 Å².